The number of ether oxygens (including phenoxy) is 1. The lowest BCUT2D eigenvalue weighted by Crippen LogP contribution is -2.26. The van der Waals surface area contributed by atoms with Crippen LogP contribution in [0.1, 0.15) is 35.4 Å². The molecule has 0 aliphatic heterocycles. The van der Waals surface area contributed by atoms with Crippen molar-refractivity contribution in [2.24, 2.45) is 0 Å². The van der Waals surface area contributed by atoms with Gasteiger partial charge in [0.05, 0.1) is 24.5 Å². The second-order valence-corrected chi connectivity index (χ2v) is 5.67. The highest BCUT2D eigenvalue weighted by molar-refractivity contribution is 5.55. The first-order chi connectivity index (χ1) is 11.5. The first-order valence-corrected chi connectivity index (χ1v) is 7.85. The maximum Gasteiger partial charge on any atom is 0.167 e. The summed E-state index contributed by atoms with van der Waals surface area (Å²) in [6.45, 7) is 5.99. The molecule has 6 nitrogen and oxygen atoms in total. The van der Waals surface area contributed by atoms with Crippen LogP contribution in [0.15, 0.2) is 30.3 Å². The van der Waals surface area contributed by atoms with Crippen molar-refractivity contribution in [1.29, 1.82) is 5.26 Å². The van der Waals surface area contributed by atoms with Crippen molar-refractivity contribution in [2.45, 2.75) is 33.0 Å². The fraction of sp³-hybridized carbons (Fsp3) is 0.389. The Bertz CT molecular complexity index is 713. The summed E-state index contributed by atoms with van der Waals surface area (Å²) in [5.74, 6) is 0.385. The van der Waals surface area contributed by atoms with Crippen molar-refractivity contribution in [3.05, 3.63) is 52.7 Å². The number of rotatable bonds is 7. The van der Waals surface area contributed by atoms with Gasteiger partial charge in [0.1, 0.15) is 11.6 Å². The summed E-state index contributed by atoms with van der Waals surface area (Å²) in [5, 5.41) is 30.3. The first kappa shape index (κ1) is 17.9. The predicted octanol–water partition coefficient (Wildman–Crippen LogP) is 2.52. The number of aliphatic hydroxyl groups is 1. The number of nitrogens with zero attached hydrogens (tertiary/aromatic N) is 3. The van der Waals surface area contributed by atoms with E-state index in [2.05, 4.69) is 21.6 Å². The van der Waals surface area contributed by atoms with Crippen LogP contribution in [0.3, 0.4) is 0 Å². The number of nitriles is 1. The number of aromatic nitrogens is 2. The topological polar surface area (TPSA) is 91.1 Å². The van der Waals surface area contributed by atoms with Crippen LogP contribution in [0.25, 0.3) is 0 Å². The molecule has 1 aromatic carbocycles. The van der Waals surface area contributed by atoms with Crippen LogP contribution < -0.4 is 5.32 Å². The molecular weight excluding hydrogens is 304 g/mol. The summed E-state index contributed by atoms with van der Waals surface area (Å²) in [7, 11) is 0. The third kappa shape index (κ3) is 4.51. The maximum atomic E-state index is 10.1. The molecule has 6 heteroatoms. The first-order valence-electron chi connectivity index (χ1n) is 7.85. The van der Waals surface area contributed by atoms with E-state index in [0.717, 1.165) is 16.8 Å². The van der Waals surface area contributed by atoms with Crippen LogP contribution in [-0.2, 0) is 4.74 Å². The van der Waals surface area contributed by atoms with E-state index in [1.165, 1.54) is 0 Å². The number of hydrogen-bond acceptors (Lipinski definition) is 6. The molecule has 0 spiro atoms. The molecule has 0 unspecified atom stereocenters. The van der Waals surface area contributed by atoms with Gasteiger partial charge < -0.3 is 15.2 Å². The molecular formula is C18H22N4O2. The Hall–Kier alpha value is -2.49. The summed E-state index contributed by atoms with van der Waals surface area (Å²) >= 11 is 0. The van der Waals surface area contributed by atoms with Gasteiger partial charge in [-0.25, -0.2) is 0 Å². The van der Waals surface area contributed by atoms with Crippen LogP contribution in [0.4, 0.5) is 5.82 Å². The van der Waals surface area contributed by atoms with Crippen molar-refractivity contribution in [3.8, 4) is 6.07 Å². The van der Waals surface area contributed by atoms with Crippen LogP contribution >= 0.6 is 0 Å². The molecule has 1 heterocycles. The molecule has 0 aliphatic carbocycles. The molecule has 0 fully saturated rings. The zero-order chi connectivity index (χ0) is 17.5. The number of anilines is 1. The Kier molecular flexibility index (Phi) is 6.24. The van der Waals surface area contributed by atoms with Crippen molar-refractivity contribution in [3.63, 3.8) is 0 Å². The Morgan fingerprint density at radius 2 is 1.96 bits per heavy atom. The summed E-state index contributed by atoms with van der Waals surface area (Å²) in [5.41, 5.74) is 3.02. The quantitative estimate of drug-likeness (QED) is 0.812. The minimum atomic E-state index is -0.717. The zero-order valence-corrected chi connectivity index (χ0v) is 14.2. The Morgan fingerprint density at radius 1 is 1.25 bits per heavy atom. The van der Waals surface area contributed by atoms with Gasteiger partial charge in [-0.15, -0.1) is 5.10 Å². The SMILES string of the molecule is Cc1nnc(NC[C@H](O)CO[C@@H](C)c2ccccc2)c(C#N)c1C. The lowest BCUT2D eigenvalue weighted by molar-refractivity contribution is 0.00240. The highest BCUT2D eigenvalue weighted by Crippen LogP contribution is 2.18. The molecule has 0 radical (unpaired) electrons. The molecule has 2 rings (SSSR count). The molecule has 2 aromatic rings. The summed E-state index contributed by atoms with van der Waals surface area (Å²) in [6, 6.07) is 12.0. The minimum Gasteiger partial charge on any atom is -0.389 e. The molecule has 0 aliphatic rings. The summed E-state index contributed by atoms with van der Waals surface area (Å²) in [6.07, 6.45) is -0.817. The number of aliphatic hydroxyl groups excluding tert-OH is 1. The number of aryl methyl sites for hydroxylation is 1. The maximum absolute atomic E-state index is 10.1. The van der Waals surface area contributed by atoms with Gasteiger partial charge in [0.25, 0.3) is 0 Å². The van der Waals surface area contributed by atoms with E-state index in [0.29, 0.717) is 11.4 Å². The molecule has 0 saturated heterocycles. The third-order valence-corrected chi connectivity index (χ3v) is 3.88. The van der Waals surface area contributed by atoms with E-state index in [-0.39, 0.29) is 19.3 Å². The molecule has 24 heavy (non-hydrogen) atoms. The standard InChI is InChI=1S/C18H22N4O2/c1-12-13(2)21-22-18(17(12)9-19)20-10-16(23)11-24-14(3)15-7-5-4-6-8-15/h4-8,14,16,23H,10-11H2,1-3H3,(H,20,22)/t14-,16-/m0/s1. The Morgan fingerprint density at radius 3 is 2.62 bits per heavy atom. The number of nitrogens with one attached hydrogen (secondary N) is 1. The monoisotopic (exact) mass is 326 g/mol. The van der Waals surface area contributed by atoms with Crippen LogP contribution in [0.5, 0.6) is 0 Å². The van der Waals surface area contributed by atoms with E-state index in [4.69, 9.17) is 4.74 Å². The van der Waals surface area contributed by atoms with E-state index >= 15 is 0 Å². The van der Waals surface area contributed by atoms with E-state index < -0.39 is 6.10 Å². The van der Waals surface area contributed by atoms with Gasteiger partial charge in [0, 0.05) is 6.54 Å². The second kappa shape index (κ2) is 8.39. The molecule has 126 valence electrons. The summed E-state index contributed by atoms with van der Waals surface area (Å²) < 4.78 is 5.69. The van der Waals surface area contributed by atoms with Gasteiger partial charge in [-0.05, 0) is 31.9 Å². The van der Waals surface area contributed by atoms with Crippen LogP contribution in [0, 0.1) is 25.2 Å². The van der Waals surface area contributed by atoms with Crippen molar-refractivity contribution in [1.82, 2.24) is 10.2 Å². The molecule has 2 atom stereocenters. The predicted molar refractivity (Wildman–Crippen MR) is 91.5 cm³/mol. The van der Waals surface area contributed by atoms with Crippen LogP contribution in [-0.4, -0.2) is 34.6 Å². The Balaban J connectivity index is 1.87. The average Bonchev–Trinajstić information content (AvgIpc) is 2.61. The lowest BCUT2D eigenvalue weighted by Gasteiger charge is -2.18. The van der Waals surface area contributed by atoms with Crippen molar-refractivity contribution < 1.29 is 9.84 Å². The summed E-state index contributed by atoms with van der Waals surface area (Å²) in [4.78, 5) is 0. The van der Waals surface area contributed by atoms with E-state index in [9.17, 15) is 10.4 Å². The molecule has 1 aromatic heterocycles. The van der Waals surface area contributed by atoms with Crippen LogP contribution in [0.2, 0.25) is 0 Å². The largest absolute Gasteiger partial charge is 0.389 e. The van der Waals surface area contributed by atoms with Gasteiger partial charge in [-0.1, -0.05) is 30.3 Å². The second-order valence-electron chi connectivity index (χ2n) is 5.67. The molecule has 0 amide bonds. The Labute approximate surface area is 142 Å². The number of hydrogen-bond donors (Lipinski definition) is 2. The van der Waals surface area contributed by atoms with Gasteiger partial charge in [0.15, 0.2) is 5.82 Å². The van der Waals surface area contributed by atoms with Gasteiger partial charge >= 0.3 is 0 Å². The molecule has 0 bridgehead atoms. The van der Waals surface area contributed by atoms with Gasteiger partial charge in [-0.2, -0.15) is 10.4 Å². The highest BCUT2D eigenvalue weighted by atomic mass is 16.5. The third-order valence-electron chi connectivity index (χ3n) is 3.88. The lowest BCUT2D eigenvalue weighted by atomic mass is 10.1. The van der Waals surface area contributed by atoms with Crippen molar-refractivity contribution >= 4 is 5.82 Å². The minimum absolute atomic E-state index is 0.100. The van der Waals surface area contributed by atoms with Crippen molar-refractivity contribution in [2.75, 3.05) is 18.5 Å². The average molecular weight is 326 g/mol. The fourth-order valence-electron chi connectivity index (χ4n) is 2.22. The van der Waals surface area contributed by atoms with E-state index in [1.54, 1.807) is 6.92 Å². The zero-order valence-electron chi connectivity index (χ0n) is 14.2. The smallest absolute Gasteiger partial charge is 0.167 e. The van der Waals surface area contributed by atoms with Gasteiger partial charge in [0.2, 0.25) is 0 Å². The molecule has 2 N–H and O–H groups in total. The normalized spacial score (nSPS) is 13.1. The van der Waals surface area contributed by atoms with E-state index in [1.807, 2.05) is 44.2 Å². The highest BCUT2D eigenvalue weighted by Gasteiger charge is 2.13. The molecule has 0 saturated carbocycles. The fourth-order valence-corrected chi connectivity index (χ4v) is 2.22. The van der Waals surface area contributed by atoms with Gasteiger partial charge in [-0.3, -0.25) is 0 Å². The number of benzene rings is 1.